The molecule has 0 aromatic heterocycles. The van der Waals surface area contributed by atoms with E-state index in [9.17, 15) is 0 Å². The smallest absolute Gasteiger partial charge is 0.0978 e. The Hall–Kier alpha value is 0.270. The standard InChI is InChI=1S/C7H17NOS/c1-8-4-5-9-7(6-8)10(2)3/h7,10H,4-6H2,1-3H3. The van der Waals surface area contributed by atoms with Gasteiger partial charge in [-0.05, 0) is 19.6 Å². The van der Waals surface area contributed by atoms with Crippen LogP contribution in [-0.2, 0) is 4.74 Å². The highest BCUT2D eigenvalue weighted by molar-refractivity contribution is 8.16. The maximum absolute atomic E-state index is 5.60. The number of ether oxygens (including phenoxy) is 1. The summed E-state index contributed by atoms with van der Waals surface area (Å²) in [5, 5.41) is 0. The average molecular weight is 163 g/mol. The summed E-state index contributed by atoms with van der Waals surface area (Å²) in [7, 11) is 2.25. The van der Waals surface area contributed by atoms with Crippen LogP contribution in [0.25, 0.3) is 0 Å². The van der Waals surface area contributed by atoms with Gasteiger partial charge in [-0.25, -0.2) is 10.9 Å². The SMILES string of the molecule is CN1CCOC([SH](C)C)C1. The zero-order valence-electron chi connectivity index (χ0n) is 7.00. The first kappa shape index (κ1) is 8.37. The van der Waals surface area contributed by atoms with Crippen LogP contribution >= 0.6 is 10.9 Å². The number of hydrogen-bond acceptors (Lipinski definition) is 2. The van der Waals surface area contributed by atoms with Crippen molar-refractivity contribution in [2.75, 3.05) is 39.3 Å². The summed E-state index contributed by atoms with van der Waals surface area (Å²) < 4.78 is 5.60. The molecule has 1 unspecified atom stereocenters. The molecule has 1 aliphatic rings. The fourth-order valence-corrected chi connectivity index (χ4v) is 2.08. The highest BCUT2D eigenvalue weighted by Crippen LogP contribution is 2.25. The van der Waals surface area contributed by atoms with Crippen LogP contribution in [0.15, 0.2) is 0 Å². The van der Waals surface area contributed by atoms with Crippen LogP contribution in [0.3, 0.4) is 0 Å². The van der Waals surface area contributed by atoms with Crippen molar-refractivity contribution < 1.29 is 4.74 Å². The Balaban J connectivity index is 2.32. The lowest BCUT2D eigenvalue weighted by Crippen LogP contribution is -2.39. The van der Waals surface area contributed by atoms with Crippen molar-refractivity contribution in [2.45, 2.75) is 5.44 Å². The highest BCUT2D eigenvalue weighted by atomic mass is 32.2. The molecule has 1 fully saturated rings. The van der Waals surface area contributed by atoms with E-state index in [0.717, 1.165) is 19.7 Å². The Kier molecular flexibility index (Phi) is 3.01. The lowest BCUT2D eigenvalue weighted by Gasteiger charge is -2.33. The molecule has 1 saturated heterocycles. The first-order valence-corrected chi connectivity index (χ1v) is 5.97. The average Bonchev–Trinajstić information content (AvgIpc) is 1.88. The summed E-state index contributed by atoms with van der Waals surface area (Å²) in [6.07, 6.45) is 4.55. The van der Waals surface area contributed by atoms with Crippen molar-refractivity contribution in [3.63, 3.8) is 0 Å². The first-order chi connectivity index (χ1) is 4.70. The summed E-state index contributed by atoms with van der Waals surface area (Å²) >= 11 is 0. The summed E-state index contributed by atoms with van der Waals surface area (Å²) in [6.45, 7) is 3.14. The molecule has 0 spiro atoms. The Labute approximate surface area is 65.9 Å². The lowest BCUT2D eigenvalue weighted by molar-refractivity contribution is 0.0287. The molecule has 0 bridgehead atoms. The monoisotopic (exact) mass is 163 g/mol. The minimum absolute atomic E-state index is 0.0909. The van der Waals surface area contributed by atoms with E-state index < -0.39 is 0 Å². The van der Waals surface area contributed by atoms with E-state index in [0.29, 0.717) is 5.44 Å². The molecular formula is C7H17NOS. The van der Waals surface area contributed by atoms with Crippen LogP contribution in [0.1, 0.15) is 0 Å². The van der Waals surface area contributed by atoms with E-state index in [1.807, 2.05) is 0 Å². The molecule has 0 N–H and O–H groups in total. The second-order valence-corrected chi connectivity index (χ2v) is 5.55. The first-order valence-electron chi connectivity index (χ1n) is 3.66. The van der Waals surface area contributed by atoms with Gasteiger partial charge in [0.15, 0.2) is 0 Å². The molecule has 0 aromatic carbocycles. The molecule has 1 rings (SSSR count). The van der Waals surface area contributed by atoms with E-state index >= 15 is 0 Å². The maximum Gasteiger partial charge on any atom is 0.0978 e. The van der Waals surface area contributed by atoms with Crippen LogP contribution in [0.4, 0.5) is 0 Å². The Morgan fingerprint density at radius 1 is 1.50 bits per heavy atom. The Bertz CT molecular complexity index is 108. The van der Waals surface area contributed by atoms with Crippen molar-refractivity contribution >= 4 is 10.9 Å². The number of rotatable bonds is 1. The van der Waals surface area contributed by atoms with Crippen LogP contribution < -0.4 is 0 Å². The van der Waals surface area contributed by atoms with Gasteiger partial charge in [0, 0.05) is 13.1 Å². The molecule has 0 aliphatic carbocycles. The van der Waals surface area contributed by atoms with E-state index in [2.05, 4.69) is 24.5 Å². The number of nitrogens with zero attached hydrogens (tertiary/aromatic N) is 1. The van der Waals surface area contributed by atoms with Gasteiger partial charge in [-0.3, -0.25) is 0 Å². The van der Waals surface area contributed by atoms with Gasteiger partial charge in [0.25, 0.3) is 0 Å². The Morgan fingerprint density at radius 2 is 2.20 bits per heavy atom. The van der Waals surface area contributed by atoms with Gasteiger partial charge in [0.05, 0.1) is 12.0 Å². The molecule has 1 aliphatic heterocycles. The third kappa shape index (κ3) is 2.15. The zero-order valence-corrected chi connectivity index (χ0v) is 7.90. The third-order valence-corrected chi connectivity index (χ3v) is 3.29. The van der Waals surface area contributed by atoms with Gasteiger partial charge >= 0.3 is 0 Å². The van der Waals surface area contributed by atoms with E-state index in [1.165, 1.54) is 0 Å². The van der Waals surface area contributed by atoms with E-state index in [4.69, 9.17) is 4.74 Å². The van der Waals surface area contributed by atoms with Crippen molar-refractivity contribution in [2.24, 2.45) is 0 Å². The quantitative estimate of drug-likeness (QED) is 0.566. The molecule has 1 heterocycles. The fourth-order valence-electron chi connectivity index (χ4n) is 1.07. The summed E-state index contributed by atoms with van der Waals surface area (Å²) in [5.74, 6) is 0. The Morgan fingerprint density at radius 3 is 2.60 bits per heavy atom. The molecule has 0 saturated carbocycles. The molecule has 0 radical (unpaired) electrons. The van der Waals surface area contributed by atoms with Gasteiger partial charge in [-0.15, -0.1) is 0 Å². The predicted octanol–water partition coefficient (Wildman–Crippen LogP) is 0.535. The zero-order chi connectivity index (χ0) is 7.56. The van der Waals surface area contributed by atoms with Crippen molar-refractivity contribution in [1.82, 2.24) is 4.90 Å². The normalized spacial score (nSPS) is 30.3. The topological polar surface area (TPSA) is 12.5 Å². The molecule has 62 valence electrons. The largest absolute Gasteiger partial charge is 0.367 e. The molecular weight excluding hydrogens is 146 g/mol. The minimum Gasteiger partial charge on any atom is -0.367 e. The van der Waals surface area contributed by atoms with Gasteiger partial charge < -0.3 is 9.64 Å². The van der Waals surface area contributed by atoms with E-state index in [-0.39, 0.29) is 10.9 Å². The second-order valence-electron chi connectivity index (χ2n) is 3.05. The molecule has 3 heteroatoms. The lowest BCUT2D eigenvalue weighted by atomic mass is 10.5. The van der Waals surface area contributed by atoms with Crippen molar-refractivity contribution in [1.29, 1.82) is 0 Å². The van der Waals surface area contributed by atoms with Crippen LogP contribution in [-0.4, -0.2) is 49.6 Å². The highest BCUT2D eigenvalue weighted by Gasteiger charge is 2.18. The minimum atomic E-state index is 0.0909. The number of hydrogen-bond donors (Lipinski definition) is 1. The van der Waals surface area contributed by atoms with Gasteiger partial charge in [0.2, 0.25) is 0 Å². The van der Waals surface area contributed by atoms with Crippen molar-refractivity contribution in [3.8, 4) is 0 Å². The van der Waals surface area contributed by atoms with E-state index in [1.54, 1.807) is 0 Å². The number of morpholine rings is 1. The molecule has 2 nitrogen and oxygen atoms in total. The second kappa shape index (κ2) is 3.60. The van der Waals surface area contributed by atoms with Crippen LogP contribution in [0, 0.1) is 0 Å². The van der Waals surface area contributed by atoms with Gasteiger partial charge in [0.1, 0.15) is 0 Å². The van der Waals surface area contributed by atoms with Gasteiger partial charge in [-0.1, -0.05) is 0 Å². The molecule has 0 aromatic rings. The summed E-state index contributed by atoms with van der Waals surface area (Å²) in [5.41, 5.74) is 0.522. The summed E-state index contributed by atoms with van der Waals surface area (Å²) in [4.78, 5) is 2.34. The molecule has 10 heavy (non-hydrogen) atoms. The van der Waals surface area contributed by atoms with Crippen molar-refractivity contribution in [3.05, 3.63) is 0 Å². The third-order valence-electron chi connectivity index (χ3n) is 1.83. The maximum atomic E-state index is 5.60. The summed E-state index contributed by atoms with van der Waals surface area (Å²) in [6, 6.07) is 0. The van der Waals surface area contributed by atoms with Gasteiger partial charge in [-0.2, -0.15) is 0 Å². The van der Waals surface area contributed by atoms with Crippen LogP contribution in [0.2, 0.25) is 0 Å². The fraction of sp³-hybridized carbons (Fsp3) is 1.00. The number of thiol groups is 1. The number of likely N-dealkylation sites (N-methyl/N-ethyl adjacent to an activating group) is 1. The predicted molar refractivity (Wildman–Crippen MR) is 48.1 cm³/mol. The van der Waals surface area contributed by atoms with Crippen LogP contribution in [0.5, 0.6) is 0 Å². The molecule has 0 amide bonds. The molecule has 1 atom stereocenters.